The quantitative estimate of drug-likeness (QED) is 0.743. The molecule has 28 heavy (non-hydrogen) atoms. The summed E-state index contributed by atoms with van der Waals surface area (Å²) in [5.74, 6) is 0.815. The van der Waals surface area contributed by atoms with Gasteiger partial charge in [-0.1, -0.05) is 25.6 Å². The Morgan fingerprint density at radius 3 is 2.50 bits per heavy atom. The molecule has 2 aromatic carbocycles. The van der Waals surface area contributed by atoms with Crippen molar-refractivity contribution in [2.75, 3.05) is 39.8 Å². The summed E-state index contributed by atoms with van der Waals surface area (Å²) < 4.78 is 18.5. The molecule has 2 aliphatic rings. The minimum absolute atomic E-state index is 0. The van der Waals surface area contributed by atoms with Crippen molar-refractivity contribution in [2.24, 2.45) is 0 Å². The van der Waals surface area contributed by atoms with Gasteiger partial charge in [0.1, 0.15) is 11.6 Å². The molecule has 2 aromatic rings. The van der Waals surface area contributed by atoms with Gasteiger partial charge in [-0.15, -0.1) is 0 Å². The second kappa shape index (κ2) is 9.53. The van der Waals surface area contributed by atoms with Crippen LogP contribution < -0.4 is 4.74 Å². The smallest absolute Gasteiger partial charge is 0.123 e. The van der Waals surface area contributed by atoms with Crippen LogP contribution in [0.15, 0.2) is 42.5 Å². The zero-order valence-electron chi connectivity index (χ0n) is 16.2. The van der Waals surface area contributed by atoms with Gasteiger partial charge in [-0.05, 0) is 66.6 Å². The fourth-order valence-electron chi connectivity index (χ4n) is 4.50. The van der Waals surface area contributed by atoms with Gasteiger partial charge >= 0.3 is 0 Å². The SMILES string of the molecule is C.COc1ccc2c(c1)C(N1CCN(CCc3ccc(F)cc3)CC1)CCC2. The van der Waals surface area contributed by atoms with Crippen LogP contribution >= 0.6 is 0 Å². The number of methoxy groups -OCH3 is 1. The fourth-order valence-corrected chi connectivity index (χ4v) is 4.50. The molecule has 0 amide bonds. The molecule has 1 atom stereocenters. The molecule has 0 aromatic heterocycles. The van der Waals surface area contributed by atoms with E-state index in [-0.39, 0.29) is 13.2 Å². The average Bonchev–Trinajstić information content (AvgIpc) is 2.73. The van der Waals surface area contributed by atoms with Gasteiger partial charge in [-0.2, -0.15) is 0 Å². The first kappa shape index (κ1) is 20.8. The van der Waals surface area contributed by atoms with Crippen LogP contribution in [0.4, 0.5) is 4.39 Å². The van der Waals surface area contributed by atoms with Crippen LogP contribution in [-0.4, -0.2) is 49.6 Å². The van der Waals surface area contributed by atoms with E-state index in [2.05, 4.69) is 28.0 Å². The van der Waals surface area contributed by atoms with Crippen molar-refractivity contribution in [3.8, 4) is 5.75 Å². The van der Waals surface area contributed by atoms with Crippen molar-refractivity contribution < 1.29 is 9.13 Å². The summed E-state index contributed by atoms with van der Waals surface area (Å²) in [5.41, 5.74) is 4.18. The van der Waals surface area contributed by atoms with Crippen LogP contribution in [-0.2, 0) is 12.8 Å². The van der Waals surface area contributed by atoms with E-state index in [1.54, 1.807) is 19.2 Å². The van der Waals surface area contributed by atoms with E-state index < -0.39 is 0 Å². The van der Waals surface area contributed by atoms with Gasteiger partial charge in [0.05, 0.1) is 7.11 Å². The monoisotopic (exact) mass is 384 g/mol. The highest BCUT2D eigenvalue weighted by molar-refractivity contribution is 5.39. The summed E-state index contributed by atoms with van der Waals surface area (Å²) in [6.45, 7) is 5.50. The average molecular weight is 385 g/mol. The van der Waals surface area contributed by atoms with Crippen LogP contribution in [0.25, 0.3) is 0 Å². The maximum atomic E-state index is 13.0. The number of rotatable bonds is 5. The molecule has 1 fully saturated rings. The summed E-state index contributed by atoms with van der Waals surface area (Å²) in [4.78, 5) is 5.20. The Hall–Kier alpha value is -1.91. The van der Waals surface area contributed by atoms with Crippen LogP contribution in [0, 0.1) is 5.82 Å². The molecule has 1 aliphatic heterocycles. The molecule has 0 spiro atoms. The van der Waals surface area contributed by atoms with Crippen LogP contribution in [0.5, 0.6) is 5.75 Å². The molecular formula is C24H33FN2O. The Bertz CT molecular complexity index is 754. The number of piperazine rings is 1. The molecule has 1 aliphatic carbocycles. The number of benzene rings is 2. The number of nitrogens with zero attached hydrogens (tertiary/aromatic N) is 2. The topological polar surface area (TPSA) is 15.7 Å². The van der Waals surface area contributed by atoms with Gasteiger partial charge < -0.3 is 9.64 Å². The van der Waals surface area contributed by atoms with Gasteiger partial charge in [0, 0.05) is 38.8 Å². The molecule has 4 rings (SSSR count). The van der Waals surface area contributed by atoms with Gasteiger partial charge in [0.25, 0.3) is 0 Å². The first-order chi connectivity index (χ1) is 13.2. The maximum absolute atomic E-state index is 13.0. The lowest BCUT2D eigenvalue weighted by Gasteiger charge is -2.41. The van der Waals surface area contributed by atoms with E-state index in [1.807, 2.05) is 12.1 Å². The van der Waals surface area contributed by atoms with Crippen LogP contribution in [0.1, 0.15) is 43.0 Å². The normalized spacial score (nSPS) is 20.3. The van der Waals surface area contributed by atoms with Gasteiger partial charge in [0.15, 0.2) is 0 Å². The second-order valence-electron chi connectivity index (χ2n) is 7.73. The summed E-state index contributed by atoms with van der Waals surface area (Å²) in [5, 5.41) is 0. The van der Waals surface area contributed by atoms with Crippen molar-refractivity contribution in [3.05, 3.63) is 65.0 Å². The standard InChI is InChI=1S/C23H29FN2O.CH4/c1-27-21-10-7-19-3-2-4-23(22(19)17-21)26-15-13-25(14-16-26)12-11-18-5-8-20(24)9-6-18;/h5-10,17,23H,2-4,11-16H2,1H3;1H4. The molecule has 1 saturated heterocycles. The molecule has 4 heteroatoms. The molecule has 0 bridgehead atoms. The first-order valence-corrected chi connectivity index (χ1v) is 10.1. The zero-order chi connectivity index (χ0) is 18.6. The Labute approximate surface area is 169 Å². The van der Waals surface area contributed by atoms with Crippen LogP contribution in [0.3, 0.4) is 0 Å². The predicted octanol–water partition coefficient (Wildman–Crippen LogP) is 4.71. The number of hydrogen-bond acceptors (Lipinski definition) is 3. The summed E-state index contributed by atoms with van der Waals surface area (Å²) >= 11 is 0. The van der Waals surface area contributed by atoms with E-state index in [0.29, 0.717) is 6.04 Å². The van der Waals surface area contributed by atoms with Crippen molar-refractivity contribution in [2.45, 2.75) is 39.2 Å². The number of aryl methyl sites for hydroxylation is 1. The Balaban J connectivity index is 0.00000225. The van der Waals surface area contributed by atoms with Crippen molar-refractivity contribution in [1.82, 2.24) is 9.80 Å². The van der Waals surface area contributed by atoms with Crippen molar-refractivity contribution in [1.29, 1.82) is 0 Å². The lowest BCUT2D eigenvalue weighted by Crippen LogP contribution is -2.48. The van der Waals surface area contributed by atoms with Gasteiger partial charge in [0.2, 0.25) is 0 Å². The van der Waals surface area contributed by atoms with E-state index in [1.165, 1.54) is 36.0 Å². The minimum atomic E-state index is -0.156. The Kier molecular flexibility index (Phi) is 7.08. The number of halogens is 1. The van der Waals surface area contributed by atoms with Crippen molar-refractivity contribution >= 4 is 0 Å². The third kappa shape index (κ3) is 4.73. The largest absolute Gasteiger partial charge is 0.497 e. The molecule has 1 unspecified atom stereocenters. The highest BCUT2D eigenvalue weighted by Crippen LogP contribution is 2.36. The molecule has 0 saturated carbocycles. The van der Waals surface area contributed by atoms with Gasteiger partial charge in [-0.25, -0.2) is 4.39 Å². The number of fused-ring (bicyclic) bond motifs is 1. The summed E-state index contributed by atoms with van der Waals surface area (Å²) in [6.07, 6.45) is 4.70. The lowest BCUT2D eigenvalue weighted by molar-refractivity contribution is 0.0886. The third-order valence-corrected chi connectivity index (χ3v) is 6.11. The first-order valence-electron chi connectivity index (χ1n) is 10.1. The number of ether oxygens (including phenoxy) is 1. The Morgan fingerprint density at radius 2 is 1.79 bits per heavy atom. The summed E-state index contributed by atoms with van der Waals surface area (Å²) in [6, 6.07) is 14.0. The Morgan fingerprint density at radius 1 is 1.04 bits per heavy atom. The van der Waals surface area contributed by atoms with Crippen LogP contribution in [0.2, 0.25) is 0 Å². The third-order valence-electron chi connectivity index (χ3n) is 6.11. The molecule has 0 radical (unpaired) electrons. The fraction of sp³-hybridized carbons (Fsp3) is 0.500. The lowest BCUT2D eigenvalue weighted by atomic mass is 9.86. The summed E-state index contributed by atoms with van der Waals surface area (Å²) in [7, 11) is 1.75. The van der Waals surface area contributed by atoms with E-state index in [4.69, 9.17) is 4.74 Å². The van der Waals surface area contributed by atoms with E-state index in [9.17, 15) is 4.39 Å². The second-order valence-corrected chi connectivity index (χ2v) is 7.73. The molecular weight excluding hydrogens is 351 g/mol. The molecule has 1 heterocycles. The molecule has 0 N–H and O–H groups in total. The minimum Gasteiger partial charge on any atom is -0.497 e. The zero-order valence-corrected chi connectivity index (χ0v) is 16.2. The van der Waals surface area contributed by atoms with E-state index >= 15 is 0 Å². The number of hydrogen-bond donors (Lipinski definition) is 0. The highest BCUT2D eigenvalue weighted by Gasteiger charge is 2.28. The molecule has 152 valence electrons. The molecule has 3 nitrogen and oxygen atoms in total. The van der Waals surface area contributed by atoms with E-state index in [0.717, 1.165) is 44.9 Å². The van der Waals surface area contributed by atoms with Gasteiger partial charge in [-0.3, -0.25) is 4.90 Å². The van der Waals surface area contributed by atoms with Crippen molar-refractivity contribution in [3.63, 3.8) is 0 Å². The predicted molar refractivity (Wildman–Crippen MR) is 114 cm³/mol. The maximum Gasteiger partial charge on any atom is 0.123 e. The highest BCUT2D eigenvalue weighted by atomic mass is 19.1.